The summed E-state index contributed by atoms with van der Waals surface area (Å²) in [7, 11) is 2.15. The molecule has 49 valence electrons. The second-order valence-corrected chi connectivity index (χ2v) is 2.43. The van der Waals surface area contributed by atoms with Crippen molar-refractivity contribution in [2.45, 2.75) is 6.92 Å². The van der Waals surface area contributed by atoms with E-state index in [-0.39, 0.29) is 20.4 Å². The summed E-state index contributed by atoms with van der Waals surface area (Å²) in [6.07, 6.45) is 2.35. The fraction of sp³-hybridized carbons (Fsp3) is 0.833. The molecule has 0 aromatic carbocycles. The molecule has 0 bridgehead atoms. The molecule has 1 radical (unpaired) electrons. The summed E-state index contributed by atoms with van der Waals surface area (Å²) >= 11 is 0. The van der Waals surface area contributed by atoms with Crippen LogP contribution in [0.25, 0.3) is 0 Å². The fourth-order valence-corrected chi connectivity index (χ4v) is 1.00. The minimum absolute atomic E-state index is 0. The molecule has 1 atom stereocenters. The Morgan fingerprint density at radius 3 is 2.38 bits per heavy atom. The maximum Gasteiger partial charge on any atom is 0 e. The number of hydrogen-bond acceptors (Lipinski definition) is 1. The molecule has 0 aliphatic carbocycles. The first kappa shape index (κ1) is 8.62. The number of hydrogen-bond donors (Lipinski definition) is 0. The molecule has 8 heavy (non-hydrogen) atoms. The molecule has 1 fully saturated rings. The number of nitrogens with zero attached hydrogens (tertiary/aromatic N) is 1. The van der Waals surface area contributed by atoms with Crippen molar-refractivity contribution in [3.8, 4) is 0 Å². The standard InChI is InChI=1S/C6H12N.Re/c1-6-3-4-7(2)5-6;/h3,6H,4-5H2,1-2H3;/q-1;. The Labute approximate surface area is 65.1 Å². The zero-order valence-electron chi connectivity index (χ0n) is 5.39. The molecule has 0 spiro atoms. The molecule has 1 unspecified atom stereocenters. The van der Waals surface area contributed by atoms with E-state index in [1.807, 2.05) is 0 Å². The molecule has 1 rings (SSSR count). The largest absolute Gasteiger partial charge is 0.338 e. The minimum Gasteiger partial charge on any atom is -0.338 e. The minimum atomic E-state index is 0. The van der Waals surface area contributed by atoms with Crippen LogP contribution in [-0.4, -0.2) is 25.0 Å². The van der Waals surface area contributed by atoms with Crippen LogP contribution >= 0.6 is 0 Å². The summed E-state index contributed by atoms with van der Waals surface area (Å²) in [6, 6.07) is 0. The van der Waals surface area contributed by atoms with Crippen molar-refractivity contribution in [3.05, 3.63) is 6.42 Å². The van der Waals surface area contributed by atoms with Gasteiger partial charge in [0.05, 0.1) is 0 Å². The van der Waals surface area contributed by atoms with Crippen LogP contribution in [0, 0.1) is 12.3 Å². The molecule has 0 aromatic heterocycles. The molecule has 1 aliphatic rings. The average Bonchev–Trinajstić information content (AvgIpc) is 1.87. The third-order valence-corrected chi connectivity index (χ3v) is 1.42. The fourth-order valence-electron chi connectivity index (χ4n) is 1.00. The van der Waals surface area contributed by atoms with Crippen LogP contribution in [0.5, 0.6) is 0 Å². The van der Waals surface area contributed by atoms with Crippen LogP contribution in [0.15, 0.2) is 0 Å². The topological polar surface area (TPSA) is 3.24 Å². The van der Waals surface area contributed by atoms with Gasteiger partial charge < -0.3 is 11.3 Å². The van der Waals surface area contributed by atoms with Gasteiger partial charge in [0.25, 0.3) is 0 Å². The van der Waals surface area contributed by atoms with Crippen molar-refractivity contribution >= 4 is 0 Å². The van der Waals surface area contributed by atoms with E-state index >= 15 is 0 Å². The normalized spacial score (nSPS) is 30.0. The maximum atomic E-state index is 2.35. The van der Waals surface area contributed by atoms with E-state index in [0.717, 1.165) is 5.92 Å². The molecule has 0 aromatic rings. The first-order chi connectivity index (χ1) is 3.29. The van der Waals surface area contributed by atoms with E-state index in [1.54, 1.807) is 0 Å². The van der Waals surface area contributed by atoms with Gasteiger partial charge in [0.1, 0.15) is 0 Å². The van der Waals surface area contributed by atoms with Crippen LogP contribution in [0.1, 0.15) is 6.92 Å². The molecule has 2 heteroatoms. The van der Waals surface area contributed by atoms with Gasteiger partial charge >= 0.3 is 0 Å². The van der Waals surface area contributed by atoms with Crippen LogP contribution in [0.4, 0.5) is 0 Å². The number of rotatable bonds is 0. The van der Waals surface area contributed by atoms with E-state index in [2.05, 4.69) is 25.3 Å². The molecule has 0 saturated carbocycles. The van der Waals surface area contributed by atoms with Crippen molar-refractivity contribution in [2.24, 2.45) is 5.92 Å². The van der Waals surface area contributed by atoms with Gasteiger partial charge in [-0.15, -0.1) is 6.54 Å². The third-order valence-electron chi connectivity index (χ3n) is 1.42. The molecule has 1 saturated heterocycles. The molecule has 1 aliphatic heterocycles. The summed E-state index contributed by atoms with van der Waals surface area (Å²) < 4.78 is 0. The quantitative estimate of drug-likeness (QED) is 0.594. The van der Waals surface area contributed by atoms with Crippen LogP contribution in [0.2, 0.25) is 0 Å². The predicted molar refractivity (Wildman–Crippen MR) is 31.0 cm³/mol. The summed E-state index contributed by atoms with van der Waals surface area (Å²) in [4.78, 5) is 2.32. The molecule has 1 nitrogen and oxygen atoms in total. The van der Waals surface area contributed by atoms with E-state index < -0.39 is 0 Å². The van der Waals surface area contributed by atoms with Crippen molar-refractivity contribution in [2.75, 3.05) is 20.1 Å². The van der Waals surface area contributed by atoms with Gasteiger partial charge in [0, 0.05) is 20.4 Å². The van der Waals surface area contributed by atoms with E-state index in [0.29, 0.717) is 0 Å². The zero-order valence-corrected chi connectivity index (χ0v) is 8.11. The predicted octanol–water partition coefficient (Wildman–Crippen LogP) is 0.770. The third kappa shape index (κ3) is 2.26. The number of likely N-dealkylation sites (tertiary alicyclic amines) is 1. The van der Waals surface area contributed by atoms with E-state index in [1.165, 1.54) is 13.1 Å². The first-order valence-corrected chi connectivity index (χ1v) is 2.81. The van der Waals surface area contributed by atoms with Crippen molar-refractivity contribution in [1.82, 2.24) is 4.90 Å². The van der Waals surface area contributed by atoms with Gasteiger partial charge in [-0.25, -0.2) is 0 Å². The van der Waals surface area contributed by atoms with Gasteiger partial charge in [0.2, 0.25) is 0 Å². The van der Waals surface area contributed by atoms with Gasteiger partial charge in [-0.05, 0) is 13.6 Å². The van der Waals surface area contributed by atoms with Crippen molar-refractivity contribution in [1.29, 1.82) is 0 Å². The van der Waals surface area contributed by atoms with Crippen LogP contribution in [-0.2, 0) is 20.4 Å². The summed E-state index contributed by atoms with van der Waals surface area (Å²) in [5.41, 5.74) is 0. The second kappa shape index (κ2) is 3.61. The average molecular weight is 284 g/mol. The molecule has 0 N–H and O–H groups in total. The van der Waals surface area contributed by atoms with Gasteiger partial charge in [-0.3, -0.25) is 0 Å². The van der Waals surface area contributed by atoms with Gasteiger partial charge in [-0.1, -0.05) is 6.92 Å². The molecular formula is C6H12NRe-. The van der Waals surface area contributed by atoms with E-state index in [4.69, 9.17) is 0 Å². The zero-order chi connectivity index (χ0) is 5.28. The summed E-state index contributed by atoms with van der Waals surface area (Å²) in [5, 5.41) is 0. The van der Waals surface area contributed by atoms with E-state index in [9.17, 15) is 0 Å². The second-order valence-electron chi connectivity index (χ2n) is 2.43. The Balaban J connectivity index is 0.000000490. The Bertz CT molecular complexity index is 57.5. The summed E-state index contributed by atoms with van der Waals surface area (Å²) in [6.45, 7) is 4.69. The van der Waals surface area contributed by atoms with Gasteiger partial charge in [-0.2, -0.15) is 5.92 Å². The van der Waals surface area contributed by atoms with Crippen LogP contribution < -0.4 is 0 Å². The molecular weight excluding hydrogens is 272 g/mol. The Morgan fingerprint density at radius 1 is 1.62 bits per heavy atom. The van der Waals surface area contributed by atoms with Gasteiger partial charge in [0.15, 0.2) is 0 Å². The smallest absolute Gasteiger partial charge is 0 e. The Morgan fingerprint density at radius 2 is 2.25 bits per heavy atom. The maximum absolute atomic E-state index is 2.35. The van der Waals surface area contributed by atoms with Crippen LogP contribution in [0.3, 0.4) is 0 Å². The first-order valence-electron chi connectivity index (χ1n) is 2.81. The van der Waals surface area contributed by atoms with Crippen molar-refractivity contribution < 1.29 is 20.4 Å². The monoisotopic (exact) mass is 285 g/mol. The summed E-state index contributed by atoms with van der Waals surface area (Å²) in [5.74, 6) is 0.824. The Kier molecular flexibility index (Phi) is 3.89. The molecule has 0 amide bonds. The molecule has 1 heterocycles. The Hall–Kier alpha value is 0.622. The van der Waals surface area contributed by atoms with Crippen molar-refractivity contribution in [3.63, 3.8) is 0 Å². The SMILES string of the molecule is CC1[CH-]CN(C)C1.[Re].